The van der Waals surface area contributed by atoms with Crippen molar-refractivity contribution in [2.45, 2.75) is 26.1 Å². The van der Waals surface area contributed by atoms with Crippen LogP contribution in [0.2, 0.25) is 0 Å². The van der Waals surface area contributed by atoms with Crippen LogP contribution in [0.15, 0.2) is 37.1 Å². The molecule has 1 unspecified atom stereocenters. The molecule has 3 heterocycles. The van der Waals surface area contributed by atoms with Gasteiger partial charge in [-0.1, -0.05) is 6.07 Å². The Morgan fingerprint density at radius 2 is 2.21 bits per heavy atom. The molecule has 1 N–H and O–H groups in total. The van der Waals surface area contributed by atoms with Gasteiger partial charge in [-0.3, -0.25) is 9.78 Å². The molecule has 1 aliphatic heterocycles. The number of nitrogens with one attached hydrogen (secondary N) is 1. The Hall–Kier alpha value is -2.26. The number of pyridine rings is 1. The lowest BCUT2D eigenvalue weighted by atomic mass is 10.2. The Morgan fingerprint density at radius 1 is 1.38 bits per heavy atom. The van der Waals surface area contributed by atoms with Crippen molar-refractivity contribution in [2.24, 2.45) is 0 Å². The maximum absolute atomic E-state index is 12.6. The highest BCUT2D eigenvalue weighted by Gasteiger charge is 2.34. The first kappa shape index (κ1) is 16.6. The Kier molecular flexibility index (Phi) is 4.63. The van der Waals surface area contributed by atoms with E-state index in [0.29, 0.717) is 12.2 Å². The van der Waals surface area contributed by atoms with Crippen molar-refractivity contribution in [1.82, 2.24) is 24.2 Å². The number of imidazole rings is 1. The van der Waals surface area contributed by atoms with Crippen LogP contribution in [0.25, 0.3) is 0 Å². The van der Waals surface area contributed by atoms with E-state index in [1.54, 1.807) is 42.5 Å². The van der Waals surface area contributed by atoms with Crippen LogP contribution in [0, 0.1) is 0 Å². The third kappa shape index (κ3) is 3.31. The molecule has 0 aliphatic carbocycles. The molecule has 0 saturated heterocycles. The van der Waals surface area contributed by atoms with Crippen molar-refractivity contribution in [3.05, 3.63) is 48.3 Å². The Balaban J connectivity index is 1.77. The van der Waals surface area contributed by atoms with Crippen molar-refractivity contribution >= 4 is 15.9 Å². The van der Waals surface area contributed by atoms with E-state index in [-0.39, 0.29) is 24.7 Å². The summed E-state index contributed by atoms with van der Waals surface area (Å²) in [6.07, 6.45) is 6.51. The molecule has 0 aromatic carbocycles. The summed E-state index contributed by atoms with van der Waals surface area (Å²) < 4.78 is 27.5. The number of aromatic nitrogens is 3. The van der Waals surface area contributed by atoms with Crippen LogP contribution >= 0.6 is 0 Å². The standard InChI is InChI=1S/C15H19N5O3S/c1-2-24(22,23)19-9-13-8-17-11-20(13)14(10-19)15(21)18-7-12-4-3-5-16-6-12/h3-6,8,11,14H,2,7,9-10H2,1H3,(H,18,21). The fourth-order valence-electron chi connectivity index (χ4n) is 2.67. The van der Waals surface area contributed by atoms with Crippen LogP contribution in [0.3, 0.4) is 0 Å². The van der Waals surface area contributed by atoms with Crippen LogP contribution in [-0.4, -0.2) is 45.5 Å². The largest absolute Gasteiger partial charge is 0.350 e. The normalized spacial score (nSPS) is 18.1. The maximum Gasteiger partial charge on any atom is 0.244 e. The molecule has 1 atom stereocenters. The van der Waals surface area contributed by atoms with Crippen LogP contribution in [0.1, 0.15) is 24.2 Å². The minimum Gasteiger partial charge on any atom is -0.350 e. The van der Waals surface area contributed by atoms with E-state index in [1.807, 2.05) is 6.07 Å². The van der Waals surface area contributed by atoms with Crippen LogP contribution < -0.4 is 5.32 Å². The van der Waals surface area contributed by atoms with E-state index in [4.69, 9.17) is 0 Å². The molecule has 0 saturated carbocycles. The van der Waals surface area contributed by atoms with Gasteiger partial charge < -0.3 is 9.88 Å². The second-order valence-corrected chi connectivity index (χ2v) is 7.84. The highest BCUT2D eigenvalue weighted by Crippen LogP contribution is 2.23. The number of carbonyl (C=O) groups is 1. The van der Waals surface area contributed by atoms with Gasteiger partial charge in [-0.15, -0.1) is 0 Å². The third-order valence-corrected chi connectivity index (χ3v) is 5.84. The van der Waals surface area contributed by atoms with Crippen molar-refractivity contribution in [3.8, 4) is 0 Å². The molecule has 0 bridgehead atoms. The predicted molar refractivity (Wildman–Crippen MR) is 87.2 cm³/mol. The van der Waals surface area contributed by atoms with Crippen molar-refractivity contribution in [2.75, 3.05) is 12.3 Å². The molecular formula is C15H19N5O3S. The minimum absolute atomic E-state index is 0.00512. The zero-order chi connectivity index (χ0) is 17.2. The second kappa shape index (κ2) is 6.70. The lowest BCUT2D eigenvalue weighted by Gasteiger charge is -2.32. The molecule has 8 nitrogen and oxygen atoms in total. The first-order valence-electron chi connectivity index (χ1n) is 7.66. The molecular weight excluding hydrogens is 330 g/mol. The van der Waals surface area contributed by atoms with E-state index < -0.39 is 16.1 Å². The highest BCUT2D eigenvalue weighted by molar-refractivity contribution is 7.89. The van der Waals surface area contributed by atoms with Crippen molar-refractivity contribution < 1.29 is 13.2 Å². The fourth-order valence-corrected chi connectivity index (χ4v) is 3.74. The maximum atomic E-state index is 12.6. The van der Waals surface area contributed by atoms with Gasteiger partial charge in [-0.25, -0.2) is 13.4 Å². The molecule has 0 radical (unpaired) electrons. The molecule has 1 amide bonds. The van der Waals surface area contributed by atoms with Gasteiger partial charge in [0.1, 0.15) is 6.04 Å². The van der Waals surface area contributed by atoms with Gasteiger partial charge >= 0.3 is 0 Å². The predicted octanol–water partition coefficient (Wildman–Crippen LogP) is 0.301. The van der Waals surface area contributed by atoms with Gasteiger partial charge in [-0.05, 0) is 18.6 Å². The highest BCUT2D eigenvalue weighted by atomic mass is 32.2. The summed E-state index contributed by atoms with van der Waals surface area (Å²) in [6.45, 7) is 2.29. The summed E-state index contributed by atoms with van der Waals surface area (Å²) in [7, 11) is -3.37. The minimum atomic E-state index is -3.37. The second-order valence-electron chi connectivity index (χ2n) is 5.58. The third-order valence-electron chi connectivity index (χ3n) is 4.05. The number of hydrogen-bond acceptors (Lipinski definition) is 5. The average Bonchev–Trinajstić information content (AvgIpc) is 3.08. The van der Waals surface area contributed by atoms with E-state index in [2.05, 4.69) is 15.3 Å². The molecule has 128 valence electrons. The van der Waals surface area contributed by atoms with Gasteiger partial charge in [0.05, 0.1) is 24.3 Å². The topological polar surface area (TPSA) is 97.2 Å². The molecule has 9 heteroatoms. The van der Waals surface area contributed by atoms with Crippen molar-refractivity contribution in [1.29, 1.82) is 0 Å². The molecule has 0 spiro atoms. The van der Waals surface area contributed by atoms with Crippen molar-refractivity contribution in [3.63, 3.8) is 0 Å². The zero-order valence-electron chi connectivity index (χ0n) is 13.3. The summed E-state index contributed by atoms with van der Waals surface area (Å²) in [4.78, 5) is 20.6. The van der Waals surface area contributed by atoms with E-state index in [0.717, 1.165) is 5.56 Å². The zero-order valence-corrected chi connectivity index (χ0v) is 14.1. The van der Waals surface area contributed by atoms with Gasteiger partial charge in [0.2, 0.25) is 15.9 Å². The lowest BCUT2D eigenvalue weighted by Crippen LogP contribution is -2.46. The van der Waals surface area contributed by atoms with Gasteiger partial charge in [0.15, 0.2) is 0 Å². The Labute approximate surface area is 140 Å². The van der Waals surface area contributed by atoms with E-state index in [1.165, 1.54) is 4.31 Å². The quantitative estimate of drug-likeness (QED) is 0.837. The number of hydrogen-bond donors (Lipinski definition) is 1. The molecule has 3 rings (SSSR count). The number of nitrogens with zero attached hydrogens (tertiary/aromatic N) is 4. The Morgan fingerprint density at radius 3 is 2.92 bits per heavy atom. The Bertz CT molecular complexity index is 819. The molecule has 0 fully saturated rings. The summed E-state index contributed by atoms with van der Waals surface area (Å²) in [5.41, 5.74) is 1.59. The van der Waals surface area contributed by atoms with Crippen LogP contribution in [0.4, 0.5) is 0 Å². The fraction of sp³-hybridized carbons (Fsp3) is 0.400. The number of sulfonamides is 1. The van der Waals surface area contributed by atoms with E-state index >= 15 is 0 Å². The SMILES string of the molecule is CCS(=O)(=O)N1Cc2cncn2C(C(=O)NCc2cccnc2)C1. The number of fused-ring (bicyclic) bond motifs is 1. The molecule has 1 aliphatic rings. The average molecular weight is 349 g/mol. The summed E-state index contributed by atoms with van der Waals surface area (Å²) in [5.74, 6) is -0.236. The smallest absolute Gasteiger partial charge is 0.244 e. The van der Waals surface area contributed by atoms with Crippen LogP contribution in [-0.2, 0) is 27.9 Å². The van der Waals surface area contributed by atoms with E-state index in [9.17, 15) is 13.2 Å². The first-order chi connectivity index (χ1) is 11.5. The van der Waals surface area contributed by atoms with Gasteiger partial charge in [0.25, 0.3) is 0 Å². The van der Waals surface area contributed by atoms with Gasteiger partial charge in [-0.2, -0.15) is 4.31 Å². The number of carbonyl (C=O) groups excluding carboxylic acids is 1. The first-order valence-corrected chi connectivity index (χ1v) is 9.27. The monoisotopic (exact) mass is 349 g/mol. The summed E-state index contributed by atoms with van der Waals surface area (Å²) in [5, 5.41) is 2.84. The number of rotatable bonds is 5. The summed E-state index contributed by atoms with van der Waals surface area (Å²) in [6, 6.07) is 3.03. The molecule has 2 aromatic heterocycles. The molecule has 2 aromatic rings. The van der Waals surface area contributed by atoms with Crippen LogP contribution in [0.5, 0.6) is 0 Å². The lowest BCUT2D eigenvalue weighted by molar-refractivity contribution is -0.125. The van der Waals surface area contributed by atoms with Gasteiger partial charge in [0, 0.05) is 31.7 Å². The summed E-state index contributed by atoms with van der Waals surface area (Å²) >= 11 is 0. The molecule has 24 heavy (non-hydrogen) atoms. The number of amides is 1.